The van der Waals surface area contributed by atoms with Crippen molar-refractivity contribution in [3.8, 4) is 0 Å². The number of ether oxygens (including phenoxy) is 1. The van der Waals surface area contributed by atoms with Gasteiger partial charge in [-0.05, 0) is 5.92 Å². The van der Waals surface area contributed by atoms with Crippen LogP contribution in [0.5, 0.6) is 0 Å². The molecule has 0 radical (unpaired) electrons. The molecule has 6 heteroatoms. The summed E-state index contributed by atoms with van der Waals surface area (Å²) in [5.74, 6) is -4.24. The molecule has 1 aliphatic rings. The van der Waals surface area contributed by atoms with Crippen molar-refractivity contribution in [3.05, 3.63) is 11.3 Å². The van der Waals surface area contributed by atoms with Gasteiger partial charge in [0.25, 0.3) is 5.91 Å². The van der Waals surface area contributed by atoms with Crippen LogP contribution in [0.15, 0.2) is 11.3 Å². The molecule has 1 aliphatic carbocycles. The summed E-state index contributed by atoms with van der Waals surface area (Å²) in [6.45, 7) is 1.62. The third-order valence-corrected chi connectivity index (χ3v) is 2.61. The van der Waals surface area contributed by atoms with E-state index in [0.717, 1.165) is 0 Å². The second kappa shape index (κ2) is 4.34. The number of esters is 1. The zero-order valence-electron chi connectivity index (χ0n) is 9.02. The number of aliphatic hydroxyl groups excluding tert-OH is 1. The maximum absolute atomic E-state index is 11.4. The van der Waals surface area contributed by atoms with Gasteiger partial charge in [-0.1, -0.05) is 6.92 Å². The first kappa shape index (κ1) is 12.2. The van der Waals surface area contributed by atoms with Crippen molar-refractivity contribution in [3.63, 3.8) is 0 Å². The molecular weight excluding hydrogens is 214 g/mol. The van der Waals surface area contributed by atoms with Gasteiger partial charge in [0.05, 0.1) is 7.11 Å². The minimum absolute atomic E-state index is 0.0118. The largest absolute Gasteiger partial charge is 0.510 e. The summed E-state index contributed by atoms with van der Waals surface area (Å²) in [5.41, 5.74) is 4.48. The Hall–Kier alpha value is -1.85. The maximum Gasteiger partial charge on any atom is 0.316 e. The lowest BCUT2D eigenvalue weighted by atomic mass is 9.79. The van der Waals surface area contributed by atoms with E-state index in [1.165, 1.54) is 7.11 Å². The van der Waals surface area contributed by atoms with Crippen LogP contribution in [-0.4, -0.2) is 29.9 Å². The van der Waals surface area contributed by atoms with Gasteiger partial charge in [0.15, 0.2) is 5.78 Å². The van der Waals surface area contributed by atoms with Gasteiger partial charge < -0.3 is 15.6 Å². The van der Waals surface area contributed by atoms with E-state index in [1.54, 1.807) is 6.92 Å². The van der Waals surface area contributed by atoms with E-state index < -0.39 is 40.8 Å². The standard InChI is InChI=1S/C10H13NO5/c1-4-3-5(12)7(9(11)14)8(13)6(4)10(15)16-2/h4,6,13H,3H2,1-2H3,(H2,11,14)/t4-,6+/m0/s1. The second-order valence-electron chi connectivity index (χ2n) is 3.73. The Morgan fingerprint density at radius 1 is 1.50 bits per heavy atom. The monoisotopic (exact) mass is 227 g/mol. The molecule has 1 rings (SSSR count). The van der Waals surface area contributed by atoms with Crippen LogP contribution in [0.4, 0.5) is 0 Å². The Bertz CT molecular complexity index is 385. The summed E-state index contributed by atoms with van der Waals surface area (Å²) in [6, 6.07) is 0. The van der Waals surface area contributed by atoms with Crippen molar-refractivity contribution in [2.24, 2.45) is 17.6 Å². The Balaban J connectivity index is 3.23. The molecule has 0 aliphatic heterocycles. The molecule has 2 atom stereocenters. The number of methoxy groups -OCH3 is 1. The fourth-order valence-electron chi connectivity index (χ4n) is 1.81. The van der Waals surface area contributed by atoms with Crippen molar-refractivity contribution in [2.45, 2.75) is 13.3 Å². The lowest BCUT2D eigenvalue weighted by Crippen LogP contribution is -2.37. The summed E-state index contributed by atoms with van der Waals surface area (Å²) >= 11 is 0. The van der Waals surface area contributed by atoms with Crippen LogP contribution >= 0.6 is 0 Å². The maximum atomic E-state index is 11.4. The van der Waals surface area contributed by atoms with Crippen LogP contribution in [0.2, 0.25) is 0 Å². The SMILES string of the molecule is COC(=O)[C@H]1C(O)=C(C(N)=O)C(=O)C[C@@H]1C. The van der Waals surface area contributed by atoms with Crippen LogP contribution in [-0.2, 0) is 19.1 Å². The number of hydrogen-bond acceptors (Lipinski definition) is 5. The molecule has 0 aromatic heterocycles. The van der Waals surface area contributed by atoms with Crippen LogP contribution in [0, 0.1) is 11.8 Å². The van der Waals surface area contributed by atoms with Gasteiger partial charge in [0, 0.05) is 6.42 Å². The number of rotatable bonds is 2. The van der Waals surface area contributed by atoms with Gasteiger partial charge in [-0.3, -0.25) is 14.4 Å². The Labute approximate surface area is 92.1 Å². The molecule has 0 heterocycles. The Morgan fingerprint density at radius 2 is 2.06 bits per heavy atom. The highest BCUT2D eigenvalue weighted by molar-refractivity contribution is 6.20. The van der Waals surface area contributed by atoms with Gasteiger partial charge in [-0.2, -0.15) is 0 Å². The molecule has 6 nitrogen and oxygen atoms in total. The number of hydrogen-bond donors (Lipinski definition) is 2. The van der Waals surface area contributed by atoms with Gasteiger partial charge in [0.1, 0.15) is 17.3 Å². The molecular formula is C10H13NO5. The fourth-order valence-corrected chi connectivity index (χ4v) is 1.81. The minimum Gasteiger partial charge on any atom is -0.510 e. The minimum atomic E-state index is -1.02. The van der Waals surface area contributed by atoms with Crippen LogP contribution in [0.25, 0.3) is 0 Å². The molecule has 1 amide bonds. The lowest BCUT2D eigenvalue weighted by Gasteiger charge is -2.26. The number of nitrogens with two attached hydrogens (primary N) is 1. The molecule has 3 N–H and O–H groups in total. The Morgan fingerprint density at radius 3 is 2.50 bits per heavy atom. The van der Waals surface area contributed by atoms with E-state index in [9.17, 15) is 19.5 Å². The molecule has 0 aromatic rings. The van der Waals surface area contributed by atoms with E-state index in [0.29, 0.717) is 0 Å². The van der Waals surface area contributed by atoms with Gasteiger partial charge in [0.2, 0.25) is 0 Å². The number of Topliss-reactive ketones (excluding diaryl/α,β-unsaturated/α-hetero) is 1. The lowest BCUT2D eigenvalue weighted by molar-refractivity contribution is -0.147. The molecule has 88 valence electrons. The van der Waals surface area contributed by atoms with Gasteiger partial charge in [-0.25, -0.2) is 0 Å². The molecule has 0 bridgehead atoms. The molecule has 0 aromatic carbocycles. The number of carbonyl (C=O) groups is 3. The first-order valence-corrected chi connectivity index (χ1v) is 4.74. The van der Waals surface area contributed by atoms with Gasteiger partial charge in [-0.15, -0.1) is 0 Å². The third kappa shape index (κ3) is 1.91. The van der Waals surface area contributed by atoms with E-state index >= 15 is 0 Å². The summed E-state index contributed by atoms with van der Waals surface area (Å²) in [7, 11) is 1.17. The first-order chi connectivity index (χ1) is 7.40. The summed E-state index contributed by atoms with van der Waals surface area (Å²) in [5, 5.41) is 9.70. The van der Waals surface area contributed by atoms with E-state index in [-0.39, 0.29) is 6.42 Å². The molecule has 0 fully saturated rings. The fraction of sp³-hybridized carbons (Fsp3) is 0.500. The van der Waals surface area contributed by atoms with Gasteiger partial charge >= 0.3 is 5.97 Å². The zero-order valence-corrected chi connectivity index (χ0v) is 9.02. The predicted molar refractivity (Wildman–Crippen MR) is 53.1 cm³/mol. The zero-order chi connectivity index (χ0) is 12.5. The smallest absolute Gasteiger partial charge is 0.316 e. The van der Waals surface area contributed by atoms with Crippen molar-refractivity contribution >= 4 is 17.7 Å². The van der Waals surface area contributed by atoms with Crippen LogP contribution in [0.1, 0.15) is 13.3 Å². The van der Waals surface area contributed by atoms with E-state index in [1.807, 2.05) is 0 Å². The predicted octanol–water partition coefficient (Wildman–Crippen LogP) is -0.318. The number of primary amides is 1. The van der Waals surface area contributed by atoms with Crippen molar-refractivity contribution < 1.29 is 24.2 Å². The number of aliphatic hydroxyl groups is 1. The van der Waals surface area contributed by atoms with Crippen LogP contribution in [0.3, 0.4) is 0 Å². The van der Waals surface area contributed by atoms with Crippen molar-refractivity contribution in [2.75, 3.05) is 7.11 Å². The summed E-state index contributed by atoms with van der Waals surface area (Å²) in [6.07, 6.45) is -0.0118. The summed E-state index contributed by atoms with van der Waals surface area (Å²) < 4.78 is 4.50. The second-order valence-corrected chi connectivity index (χ2v) is 3.73. The first-order valence-electron chi connectivity index (χ1n) is 4.74. The highest BCUT2D eigenvalue weighted by Crippen LogP contribution is 2.32. The van der Waals surface area contributed by atoms with E-state index in [4.69, 9.17) is 5.73 Å². The highest BCUT2D eigenvalue weighted by atomic mass is 16.5. The van der Waals surface area contributed by atoms with Crippen molar-refractivity contribution in [1.82, 2.24) is 0 Å². The average Bonchev–Trinajstić information content (AvgIpc) is 2.15. The number of ketones is 1. The Kier molecular flexibility index (Phi) is 3.31. The third-order valence-electron chi connectivity index (χ3n) is 2.61. The number of amides is 1. The molecule has 0 saturated heterocycles. The molecule has 0 unspecified atom stereocenters. The number of carbonyl (C=O) groups excluding carboxylic acids is 3. The highest BCUT2D eigenvalue weighted by Gasteiger charge is 2.40. The molecule has 0 spiro atoms. The average molecular weight is 227 g/mol. The molecule has 0 saturated carbocycles. The normalized spacial score (nSPS) is 25.5. The van der Waals surface area contributed by atoms with Crippen LogP contribution < -0.4 is 5.73 Å². The summed E-state index contributed by atoms with van der Waals surface area (Å²) in [4.78, 5) is 33.8. The van der Waals surface area contributed by atoms with E-state index in [2.05, 4.69) is 4.74 Å². The quantitative estimate of drug-likeness (QED) is 0.496. The van der Waals surface area contributed by atoms with Crippen molar-refractivity contribution in [1.29, 1.82) is 0 Å². The topological polar surface area (TPSA) is 107 Å². The molecule has 16 heavy (non-hydrogen) atoms.